The monoisotopic (exact) mass is 342 g/mol. The maximum Gasteiger partial charge on any atom is 0.250 e. The van der Waals surface area contributed by atoms with Crippen LogP contribution in [0.2, 0.25) is 0 Å². The van der Waals surface area contributed by atoms with E-state index in [1.165, 1.54) is 51.1 Å². The zero-order chi connectivity index (χ0) is 17.0. The number of likely N-dealkylation sites (tertiary alicyclic amines) is 1. The van der Waals surface area contributed by atoms with Crippen LogP contribution in [-0.2, 0) is 6.54 Å². The van der Waals surface area contributed by atoms with Crippen LogP contribution in [0.25, 0.3) is 0 Å². The molecule has 0 aliphatic carbocycles. The van der Waals surface area contributed by atoms with E-state index in [1.807, 2.05) is 10.6 Å². The summed E-state index contributed by atoms with van der Waals surface area (Å²) in [7, 11) is 0. The number of rotatable bonds is 3. The molecule has 0 amide bonds. The van der Waals surface area contributed by atoms with Crippen molar-refractivity contribution in [2.24, 2.45) is 23.5 Å². The summed E-state index contributed by atoms with van der Waals surface area (Å²) in [5.74, 6) is 2.87. The Balaban J connectivity index is 1.29. The number of piperidine rings is 4. The maximum absolute atomic E-state index is 12.2. The normalized spacial score (nSPS) is 40.0. The van der Waals surface area contributed by atoms with E-state index in [2.05, 4.69) is 15.9 Å². The molecule has 5 aliphatic heterocycles. The third-order valence-corrected chi connectivity index (χ3v) is 7.33. The van der Waals surface area contributed by atoms with Crippen molar-refractivity contribution in [1.82, 2.24) is 14.4 Å². The molecular weight excluding hydrogens is 312 g/mol. The van der Waals surface area contributed by atoms with Gasteiger partial charge >= 0.3 is 0 Å². The number of hydrogen-bond acceptors (Lipinski definition) is 4. The SMILES string of the molecule is NCC1CC2CCN1CC2CN1CC2CC(C1)c1cccc(=O)n1C2. The Morgan fingerprint density at radius 1 is 1.12 bits per heavy atom. The summed E-state index contributed by atoms with van der Waals surface area (Å²) in [6.07, 6.45) is 3.93. The van der Waals surface area contributed by atoms with Crippen molar-refractivity contribution in [2.45, 2.75) is 37.8 Å². The highest BCUT2D eigenvalue weighted by Gasteiger charge is 2.41. The predicted octanol–water partition coefficient (Wildman–Crippen LogP) is 0.937. The first-order chi connectivity index (χ1) is 12.2. The van der Waals surface area contributed by atoms with Crippen LogP contribution in [0.1, 0.15) is 30.9 Å². The first kappa shape index (κ1) is 16.0. The summed E-state index contributed by atoms with van der Waals surface area (Å²) >= 11 is 0. The zero-order valence-electron chi connectivity index (χ0n) is 15.0. The second-order valence-electron chi connectivity index (χ2n) is 8.85. The fourth-order valence-corrected chi connectivity index (χ4v) is 6.18. The van der Waals surface area contributed by atoms with E-state index in [4.69, 9.17) is 5.73 Å². The molecule has 2 N–H and O–H groups in total. The number of hydrogen-bond donors (Lipinski definition) is 1. The van der Waals surface area contributed by atoms with Crippen LogP contribution in [0.3, 0.4) is 0 Å². The van der Waals surface area contributed by atoms with Gasteiger partial charge in [-0.1, -0.05) is 6.07 Å². The van der Waals surface area contributed by atoms with Crippen LogP contribution in [-0.4, -0.2) is 59.7 Å². The second-order valence-corrected chi connectivity index (χ2v) is 8.85. The van der Waals surface area contributed by atoms with E-state index in [1.54, 1.807) is 6.07 Å². The molecule has 5 heteroatoms. The van der Waals surface area contributed by atoms with Crippen LogP contribution in [0.15, 0.2) is 23.0 Å². The van der Waals surface area contributed by atoms with E-state index >= 15 is 0 Å². The van der Waals surface area contributed by atoms with Crippen molar-refractivity contribution in [3.63, 3.8) is 0 Å². The van der Waals surface area contributed by atoms with E-state index in [0.717, 1.165) is 31.5 Å². The Bertz CT molecular complexity index is 701. The van der Waals surface area contributed by atoms with Gasteiger partial charge in [0.25, 0.3) is 5.56 Å². The second kappa shape index (κ2) is 6.22. The summed E-state index contributed by atoms with van der Waals surface area (Å²) in [6, 6.07) is 6.46. The topological polar surface area (TPSA) is 54.5 Å². The minimum Gasteiger partial charge on any atom is -0.329 e. The molecule has 6 rings (SSSR count). The molecule has 4 bridgehead atoms. The fourth-order valence-electron chi connectivity index (χ4n) is 6.18. The lowest BCUT2D eigenvalue weighted by Crippen LogP contribution is -2.58. The number of aromatic nitrogens is 1. The highest BCUT2D eigenvalue weighted by atomic mass is 16.1. The van der Waals surface area contributed by atoms with E-state index in [0.29, 0.717) is 17.9 Å². The molecule has 0 saturated carbocycles. The van der Waals surface area contributed by atoms with Gasteiger partial charge in [0.05, 0.1) is 0 Å². The molecule has 4 saturated heterocycles. The minimum absolute atomic E-state index is 0.186. The van der Waals surface area contributed by atoms with Crippen molar-refractivity contribution in [3.05, 3.63) is 34.2 Å². The van der Waals surface area contributed by atoms with Crippen LogP contribution >= 0.6 is 0 Å². The van der Waals surface area contributed by atoms with Crippen LogP contribution in [0.5, 0.6) is 0 Å². The quantitative estimate of drug-likeness (QED) is 0.888. The van der Waals surface area contributed by atoms with E-state index in [-0.39, 0.29) is 5.56 Å². The summed E-state index contributed by atoms with van der Waals surface area (Å²) in [6.45, 7) is 7.77. The Morgan fingerprint density at radius 2 is 2.04 bits per heavy atom. The minimum atomic E-state index is 0.186. The third kappa shape index (κ3) is 2.77. The lowest BCUT2D eigenvalue weighted by Gasteiger charge is -2.52. The smallest absolute Gasteiger partial charge is 0.250 e. The predicted molar refractivity (Wildman–Crippen MR) is 98.6 cm³/mol. The van der Waals surface area contributed by atoms with Crippen molar-refractivity contribution in [1.29, 1.82) is 0 Å². The largest absolute Gasteiger partial charge is 0.329 e. The first-order valence-corrected chi connectivity index (χ1v) is 10.1. The van der Waals surface area contributed by atoms with Gasteiger partial charge in [0.15, 0.2) is 0 Å². The summed E-state index contributed by atoms with van der Waals surface area (Å²) in [4.78, 5) is 17.5. The summed E-state index contributed by atoms with van der Waals surface area (Å²) in [5, 5.41) is 0. The molecule has 0 radical (unpaired) electrons. The highest BCUT2D eigenvalue weighted by molar-refractivity contribution is 5.17. The maximum atomic E-state index is 12.2. The molecule has 6 atom stereocenters. The fraction of sp³-hybridized carbons (Fsp3) is 0.750. The van der Waals surface area contributed by atoms with Crippen LogP contribution in [0.4, 0.5) is 0 Å². The van der Waals surface area contributed by atoms with Crippen LogP contribution in [0, 0.1) is 17.8 Å². The number of fused-ring (bicyclic) bond motifs is 7. The lowest BCUT2D eigenvalue weighted by molar-refractivity contribution is -0.0177. The van der Waals surface area contributed by atoms with Gasteiger partial charge in [-0.2, -0.15) is 0 Å². The first-order valence-electron chi connectivity index (χ1n) is 10.1. The molecular formula is C20H30N4O. The molecule has 6 heterocycles. The van der Waals surface area contributed by atoms with Gasteiger partial charge in [-0.05, 0) is 49.6 Å². The Morgan fingerprint density at radius 3 is 2.84 bits per heavy atom. The number of nitrogens with two attached hydrogens (primary N) is 1. The molecule has 1 aromatic heterocycles. The van der Waals surface area contributed by atoms with Crippen molar-refractivity contribution >= 4 is 0 Å². The zero-order valence-corrected chi connectivity index (χ0v) is 15.0. The van der Waals surface area contributed by atoms with Crippen molar-refractivity contribution < 1.29 is 0 Å². The molecule has 4 fully saturated rings. The average molecular weight is 342 g/mol. The van der Waals surface area contributed by atoms with Crippen LogP contribution < -0.4 is 11.3 Å². The van der Waals surface area contributed by atoms with Gasteiger partial charge in [0.1, 0.15) is 0 Å². The lowest BCUT2D eigenvalue weighted by atomic mass is 9.74. The molecule has 0 aromatic carbocycles. The van der Waals surface area contributed by atoms with Crippen molar-refractivity contribution in [2.75, 3.05) is 39.3 Å². The molecule has 5 nitrogen and oxygen atoms in total. The van der Waals surface area contributed by atoms with Gasteiger partial charge in [0, 0.05) is 63.0 Å². The van der Waals surface area contributed by atoms with E-state index in [9.17, 15) is 4.79 Å². The van der Waals surface area contributed by atoms with Gasteiger partial charge in [-0.15, -0.1) is 0 Å². The Labute approximate surface area is 149 Å². The van der Waals surface area contributed by atoms with Gasteiger partial charge in [-0.25, -0.2) is 0 Å². The van der Waals surface area contributed by atoms with Crippen molar-refractivity contribution in [3.8, 4) is 0 Å². The Kier molecular flexibility index (Phi) is 3.99. The number of nitrogens with zero attached hydrogens (tertiary/aromatic N) is 3. The third-order valence-electron chi connectivity index (χ3n) is 7.33. The standard InChI is InChI=1S/C20H30N4O/c21-8-18-7-15-4-5-23(18)13-17(15)12-22-9-14-6-16(11-22)19-2-1-3-20(25)24(19)10-14/h1-3,14-18H,4-13,21H2. The van der Waals surface area contributed by atoms with Gasteiger partial charge < -0.3 is 15.2 Å². The molecule has 5 aliphatic rings. The number of pyridine rings is 1. The highest BCUT2D eigenvalue weighted by Crippen LogP contribution is 2.39. The molecule has 25 heavy (non-hydrogen) atoms. The van der Waals surface area contributed by atoms with Gasteiger partial charge in [-0.3, -0.25) is 9.69 Å². The average Bonchev–Trinajstić information content (AvgIpc) is 2.63. The Hall–Kier alpha value is -1.17. The summed E-state index contributed by atoms with van der Waals surface area (Å²) in [5.41, 5.74) is 7.41. The molecule has 1 aromatic rings. The summed E-state index contributed by atoms with van der Waals surface area (Å²) < 4.78 is 2.04. The van der Waals surface area contributed by atoms with E-state index < -0.39 is 0 Å². The van der Waals surface area contributed by atoms with Gasteiger partial charge in [0.2, 0.25) is 0 Å². The molecule has 6 unspecified atom stereocenters. The molecule has 0 spiro atoms. The molecule has 136 valence electrons.